The van der Waals surface area contributed by atoms with Crippen molar-refractivity contribution < 1.29 is 4.74 Å². The molecule has 5 heteroatoms. The second kappa shape index (κ2) is 7.16. The molecule has 1 N–H and O–H groups in total. The minimum Gasteiger partial charge on any atom is -0.385 e. The summed E-state index contributed by atoms with van der Waals surface area (Å²) in [5.41, 5.74) is 1.14. The number of hydrogen-bond donors (Lipinski definition) is 1. The predicted octanol–water partition coefficient (Wildman–Crippen LogP) is 3.19. The molecule has 0 aliphatic rings. The van der Waals surface area contributed by atoms with Gasteiger partial charge < -0.3 is 14.6 Å². The molecule has 0 aliphatic carbocycles. The van der Waals surface area contributed by atoms with E-state index in [4.69, 9.17) is 16.3 Å². The molecule has 0 spiro atoms. The topological polar surface area (TPSA) is 39.1 Å². The first-order chi connectivity index (χ1) is 9.29. The van der Waals surface area contributed by atoms with E-state index in [-0.39, 0.29) is 0 Å². The monoisotopic (exact) mass is 279 g/mol. The summed E-state index contributed by atoms with van der Waals surface area (Å²) in [5.74, 6) is 0.871. The number of anilines is 1. The van der Waals surface area contributed by atoms with Crippen molar-refractivity contribution in [3.63, 3.8) is 0 Å². The van der Waals surface area contributed by atoms with Gasteiger partial charge in [0.2, 0.25) is 5.95 Å². The average molecular weight is 280 g/mol. The molecule has 102 valence electrons. The van der Waals surface area contributed by atoms with Gasteiger partial charge in [0.15, 0.2) is 0 Å². The zero-order valence-electron chi connectivity index (χ0n) is 11.0. The first-order valence-corrected chi connectivity index (χ1v) is 6.66. The van der Waals surface area contributed by atoms with Crippen LogP contribution in [0.1, 0.15) is 12.0 Å². The molecule has 2 rings (SSSR count). The van der Waals surface area contributed by atoms with E-state index in [0.29, 0.717) is 6.54 Å². The van der Waals surface area contributed by atoms with Crippen LogP contribution >= 0.6 is 11.6 Å². The lowest BCUT2D eigenvalue weighted by atomic mass is 10.2. The van der Waals surface area contributed by atoms with E-state index in [1.54, 1.807) is 13.3 Å². The highest BCUT2D eigenvalue weighted by atomic mass is 35.5. The van der Waals surface area contributed by atoms with E-state index in [0.717, 1.165) is 36.1 Å². The predicted molar refractivity (Wildman–Crippen MR) is 77.5 cm³/mol. The molecular formula is C14H18ClN3O. The summed E-state index contributed by atoms with van der Waals surface area (Å²) in [7, 11) is 1.71. The lowest BCUT2D eigenvalue weighted by molar-refractivity contribution is 0.190. The Kier molecular flexibility index (Phi) is 5.24. The highest BCUT2D eigenvalue weighted by molar-refractivity contribution is 6.30. The first-order valence-electron chi connectivity index (χ1n) is 6.28. The normalized spacial score (nSPS) is 10.6. The molecule has 0 saturated carbocycles. The molecule has 0 unspecified atom stereocenters. The number of rotatable bonds is 7. The Balaban J connectivity index is 1.90. The zero-order chi connectivity index (χ0) is 13.5. The third kappa shape index (κ3) is 4.26. The minimum atomic E-state index is 0.710. The Bertz CT molecular complexity index is 513. The molecule has 1 heterocycles. The molecule has 0 aliphatic heterocycles. The fourth-order valence-electron chi connectivity index (χ4n) is 1.86. The van der Waals surface area contributed by atoms with Gasteiger partial charge in [-0.3, -0.25) is 0 Å². The third-order valence-corrected chi connectivity index (χ3v) is 3.04. The molecule has 0 bridgehead atoms. The van der Waals surface area contributed by atoms with Crippen molar-refractivity contribution in [2.24, 2.45) is 0 Å². The summed E-state index contributed by atoms with van der Waals surface area (Å²) in [6.07, 6.45) is 4.74. The molecule has 0 amide bonds. The number of methoxy groups -OCH3 is 1. The van der Waals surface area contributed by atoms with E-state index in [9.17, 15) is 0 Å². The lowest BCUT2D eigenvalue weighted by Crippen LogP contribution is -2.08. The minimum absolute atomic E-state index is 0.710. The van der Waals surface area contributed by atoms with Crippen LogP contribution in [0.2, 0.25) is 5.02 Å². The second-order valence-corrected chi connectivity index (χ2v) is 4.71. The Morgan fingerprint density at radius 1 is 1.42 bits per heavy atom. The molecule has 2 aromatic rings. The number of aromatic nitrogens is 2. The highest BCUT2D eigenvalue weighted by Gasteiger charge is 2.02. The molecule has 0 atom stereocenters. The van der Waals surface area contributed by atoms with Crippen LogP contribution in [-0.4, -0.2) is 23.3 Å². The number of nitrogens with one attached hydrogen (secondary N) is 1. The zero-order valence-corrected chi connectivity index (χ0v) is 11.7. The number of aryl methyl sites for hydroxylation is 1. The summed E-state index contributed by atoms with van der Waals surface area (Å²) in [6.45, 7) is 2.36. The second-order valence-electron chi connectivity index (χ2n) is 4.27. The van der Waals surface area contributed by atoms with E-state index >= 15 is 0 Å². The first kappa shape index (κ1) is 13.9. The fraction of sp³-hybridized carbons (Fsp3) is 0.357. The van der Waals surface area contributed by atoms with Gasteiger partial charge in [-0.15, -0.1) is 0 Å². The van der Waals surface area contributed by atoms with Gasteiger partial charge in [0.05, 0.1) is 0 Å². The average Bonchev–Trinajstić information content (AvgIpc) is 2.84. The number of ether oxygens (including phenoxy) is 1. The van der Waals surface area contributed by atoms with E-state index in [2.05, 4.69) is 14.9 Å². The van der Waals surface area contributed by atoms with Crippen molar-refractivity contribution in [2.45, 2.75) is 19.5 Å². The van der Waals surface area contributed by atoms with Crippen LogP contribution in [-0.2, 0) is 17.8 Å². The third-order valence-electron chi connectivity index (χ3n) is 2.80. The number of nitrogens with zero attached hydrogens (tertiary/aromatic N) is 2. The van der Waals surface area contributed by atoms with Gasteiger partial charge in [-0.2, -0.15) is 0 Å². The standard InChI is InChI=1S/C14H18ClN3O/c1-19-9-3-7-18-8-6-16-14(18)17-11-12-4-2-5-13(15)10-12/h2,4-6,8,10H,3,7,9,11H2,1H3,(H,16,17). The maximum Gasteiger partial charge on any atom is 0.203 e. The highest BCUT2D eigenvalue weighted by Crippen LogP contribution is 2.13. The number of halogens is 1. The van der Waals surface area contributed by atoms with Crippen LogP contribution in [0.4, 0.5) is 5.95 Å². The fourth-order valence-corrected chi connectivity index (χ4v) is 2.08. The van der Waals surface area contributed by atoms with E-state index in [1.165, 1.54) is 0 Å². The van der Waals surface area contributed by atoms with Crippen molar-refractivity contribution in [2.75, 3.05) is 19.0 Å². The number of imidazole rings is 1. The molecule has 1 aromatic heterocycles. The molecule has 19 heavy (non-hydrogen) atoms. The maximum atomic E-state index is 5.96. The van der Waals surface area contributed by atoms with Gasteiger partial charge in [0.1, 0.15) is 0 Å². The molecule has 0 fully saturated rings. The van der Waals surface area contributed by atoms with E-state index in [1.807, 2.05) is 30.5 Å². The largest absolute Gasteiger partial charge is 0.385 e. The van der Waals surface area contributed by atoms with Gasteiger partial charge >= 0.3 is 0 Å². The lowest BCUT2D eigenvalue weighted by Gasteiger charge is -2.09. The van der Waals surface area contributed by atoms with Crippen molar-refractivity contribution in [1.82, 2.24) is 9.55 Å². The molecule has 0 radical (unpaired) electrons. The summed E-state index contributed by atoms with van der Waals surface area (Å²) in [6, 6.07) is 7.81. The Morgan fingerprint density at radius 3 is 3.11 bits per heavy atom. The Hall–Kier alpha value is -1.52. The Labute approximate surface area is 118 Å². The van der Waals surface area contributed by atoms with Crippen LogP contribution in [0.15, 0.2) is 36.7 Å². The van der Waals surface area contributed by atoms with Gasteiger partial charge in [-0.25, -0.2) is 4.98 Å². The quantitative estimate of drug-likeness (QED) is 0.791. The van der Waals surface area contributed by atoms with Crippen LogP contribution < -0.4 is 5.32 Å². The van der Waals surface area contributed by atoms with Gasteiger partial charge in [0, 0.05) is 44.2 Å². The smallest absolute Gasteiger partial charge is 0.203 e. The number of benzene rings is 1. The summed E-state index contributed by atoms with van der Waals surface area (Å²) in [5, 5.41) is 4.07. The van der Waals surface area contributed by atoms with Gasteiger partial charge in [-0.1, -0.05) is 23.7 Å². The van der Waals surface area contributed by atoms with Gasteiger partial charge in [-0.05, 0) is 24.1 Å². The SMILES string of the molecule is COCCCn1ccnc1NCc1cccc(Cl)c1. The van der Waals surface area contributed by atoms with Crippen LogP contribution in [0.25, 0.3) is 0 Å². The molecular weight excluding hydrogens is 262 g/mol. The van der Waals surface area contributed by atoms with Crippen LogP contribution in [0.3, 0.4) is 0 Å². The molecule has 4 nitrogen and oxygen atoms in total. The maximum absolute atomic E-state index is 5.96. The molecule has 0 saturated heterocycles. The van der Waals surface area contributed by atoms with Gasteiger partial charge in [0.25, 0.3) is 0 Å². The summed E-state index contributed by atoms with van der Waals surface area (Å²) >= 11 is 5.96. The van der Waals surface area contributed by atoms with Crippen molar-refractivity contribution in [3.05, 3.63) is 47.2 Å². The number of hydrogen-bond acceptors (Lipinski definition) is 3. The molecule has 1 aromatic carbocycles. The summed E-state index contributed by atoms with van der Waals surface area (Å²) < 4.78 is 7.14. The Morgan fingerprint density at radius 2 is 2.32 bits per heavy atom. The van der Waals surface area contributed by atoms with Crippen LogP contribution in [0.5, 0.6) is 0 Å². The van der Waals surface area contributed by atoms with Crippen LogP contribution in [0, 0.1) is 0 Å². The van der Waals surface area contributed by atoms with Crippen molar-refractivity contribution in [1.29, 1.82) is 0 Å². The van der Waals surface area contributed by atoms with Crippen molar-refractivity contribution in [3.8, 4) is 0 Å². The van der Waals surface area contributed by atoms with E-state index < -0.39 is 0 Å². The van der Waals surface area contributed by atoms with Crippen molar-refractivity contribution >= 4 is 17.5 Å². The summed E-state index contributed by atoms with van der Waals surface area (Å²) in [4.78, 5) is 4.31.